The number of halogens is 1. The lowest BCUT2D eigenvalue weighted by Gasteiger charge is -2.15. The van der Waals surface area contributed by atoms with Gasteiger partial charge in [0, 0.05) is 43.5 Å². The average Bonchev–Trinajstić information content (AvgIpc) is 2.95. The molecule has 2 aromatic heterocycles. The number of aryl methyl sites for hydroxylation is 1. The van der Waals surface area contributed by atoms with Crippen LogP contribution in [0.4, 0.5) is 5.82 Å². The number of anilines is 1. The molecule has 0 radical (unpaired) electrons. The van der Waals surface area contributed by atoms with Crippen molar-refractivity contribution in [2.45, 2.75) is 26.9 Å². The minimum Gasteiger partial charge on any atom is -0.362 e. The van der Waals surface area contributed by atoms with Gasteiger partial charge >= 0.3 is 0 Å². The summed E-state index contributed by atoms with van der Waals surface area (Å²) in [5.41, 5.74) is 1.10. The molecule has 0 unspecified atom stereocenters. The molecule has 0 atom stereocenters. The molecule has 2 rings (SSSR count). The molecule has 0 aliphatic carbocycles. The third-order valence-electron chi connectivity index (χ3n) is 3.12. The molecule has 2 aromatic rings. The highest BCUT2D eigenvalue weighted by Crippen LogP contribution is 2.15. The average molecular weight is 460 g/mol. The predicted octanol–water partition coefficient (Wildman–Crippen LogP) is 2.79. The van der Waals surface area contributed by atoms with Gasteiger partial charge in [0.15, 0.2) is 5.96 Å². The van der Waals surface area contributed by atoms with E-state index in [1.165, 1.54) is 4.88 Å². The number of nitrogens with zero attached hydrogens (tertiary/aromatic N) is 4. The van der Waals surface area contributed by atoms with Gasteiger partial charge in [-0.3, -0.25) is 0 Å². The van der Waals surface area contributed by atoms with E-state index in [9.17, 15) is 0 Å². The number of rotatable bonds is 6. The summed E-state index contributed by atoms with van der Waals surface area (Å²) >= 11 is 1.70. The number of nitrogens with one attached hydrogen (secondary N) is 2. The van der Waals surface area contributed by atoms with E-state index < -0.39 is 0 Å². The molecule has 2 heterocycles. The summed E-state index contributed by atoms with van der Waals surface area (Å²) in [6, 6.07) is 4.00. The number of pyridine rings is 1. The molecule has 0 fully saturated rings. The summed E-state index contributed by atoms with van der Waals surface area (Å²) < 4.78 is 0. The third kappa shape index (κ3) is 6.23. The second kappa shape index (κ2) is 10.4. The van der Waals surface area contributed by atoms with E-state index in [-0.39, 0.29) is 24.0 Å². The Hall–Kier alpha value is -1.42. The Morgan fingerprint density at radius 2 is 2.08 bits per heavy atom. The van der Waals surface area contributed by atoms with Crippen molar-refractivity contribution in [3.63, 3.8) is 0 Å². The summed E-state index contributed by atoms with van der Waals surface area (Å²) in [6.07, 6.45) is 3.70. The van der Waals surface area contributed by atoms with E-state index in [4.69, 9.17) is 0 Å². The van der Waals surface area contributed by atoms with Crippen molar-refractivity contribution >= 4 is 47.1 Å². The van der Waals surface area contributed by atoms with Crippen LogP contribution in [0.25, 0.3) is 0 Å². The van der Waals surface area contributed by atoms with Crippen molar-refractivity contribution in [2.24, 2.45) is 4.99 Å². The minimum absolute atomic E-state index is 0. The van der Waals surface area contributed by atoms with Gasteiger partial charge in [-0.05, 0) is 19.9 Å². The third-order valence-corrected chi connectivity index (χ3v) is 4.03. The van der Waals surface area contributed by atoms with Crippen LogP contribution in [0.1, 0.15) is 22.4 Å². The van der Waals surface area contributed by atoms with Crippen LogP contribution in [0.3, 0.4) is 0 Å². The molecule has 0 saturated carbocycles. The van der Waals surface area contributed by atoms with Gasteiger partial charge in [0.25, 0.3) is 0 Å². The number of hydrogen-bond acceptors (Lipinski definition) is 5. The van der Waals surface area contributed by atoms with Crippen LogP contribution < -0.4 is 15.5 Å². The molecule has 0 saturated heterocycles. The first-order chi connectivity index (χ1) is 11.1. The maximum Gasteiger partial charge on any atom is 0.191 e. The lowest BCUT2D eigenvalue weighted by atomic mass is 10.2. The van der Waals surface area contributed by atoms with Gasteiger partial charge in [-0.25, -0.2) is 15.0 Å². The Morgan fingerprint density at radius 1 is 1.29 bits per heavy atom. The molecular weight excluding hydrogens is 435 g/mol. The van der Waals surface area contributed by atoms with Gasteiger partial charge in [0.2, 0.25) is 0 Å². The van der Waals surface area contributed by atoms with Crippen molar-refractivity contribution in [1.29, 1.82) is 0 Å². The number of aromatic nitrogens is 2. The highest BCUT2D eigenvalue weighted by Gasteiger charge is 2.06. The quantitative estimate of drug-likeness (QED) is 0.395. The molecule has 24 heavy (non-hydrogen) atoms. The highest BCUT2D eigenvalue weighted by atomic mass is 127. The van der Waals surface area contributed by atoms with E-state index >= 15 is 0 Å². The van der Waals surface area contributed by atoms with Crippen molar-refractivity contribution in [2.75, 3.05) is 25.5 Å². The predicted molar refractivity (Wildman–Crippen MR) is 112 cm³/mol. The number of aliphatic imine (C=N–C) groups is 1. The molecular formula is C16H25IN6S. The topological polar surface area (TPSA) is 65.4 Å². The lowest BCUT2D eigenvalue weighted by Crippen LogP contribution is -2.36. The highest BCUT2D eigenvalue weighted by molar-refractivity contribution is 14.0. The molecule has 0 bridgehead atoms. The molecule has 0 aliphatic heterocycles. The Morgan fingerprint density at radius 3 is 2.71 bits per heavy atom. The Bertz CT molecular complexity index is 656. The fraction of sp³-hybridized carbons (Fsp3) is 0.438. The van der Waals surface area contributed by atoms with Crippen molar-refractivity contribution in [1.82, 2.24) is 20.6 Å². The van der Waals surface area contributed by atoms with Gasteiger partial charge in [-0.2, -0.15) is 0 Å². The van der Waals surface area contributed by atoms with Crippen LogP contribution in [0.15, 0.2) is 29.5 Å². The Kier molecular flexibility index (Phi) is 8.98. The Balaban J connectivity index is 0.00000288. The van der Waals surface area contributed by atoms with Gasteiger partial charge in [0.1, 0.15) is 10.8 Å². The maximum atomic E-state index is 4.65. The van der Waals surface area contributed by atoms with Crippen molar-refractivity contribution in [3.05, 3.63) is 40.0 Å². The van der Waals surface area contributed by atoms with E-state index in [0.717, 1.165) is 28.9 Å². The van der Waals surface area contributed by atoms with Crippen LogP contribution in [0.5, 0.6) is 0 Å². The molecule has 0 aromatic carbocycles. The summed E-state index contributed by atoms with van der Waals surface area (Å²) in [5, 5.41) is 7.64. The summed E-state index contributed by atoms with van der Waals surface area (Å²) in [4.78, 5) is 16.6. The largest absolute Gasteiger partial charge is 0.362 e. The van der Waals surface area contributed by atoms with Crippen molar-refractivity contribution < 1.29 is 0 Å². The first-order valence-electron chi connectivity index (χ1n) is 7.65. The molecule has 0 aliphatic rings. The minimum atomic E-state index is 0. The standard InChI is InChI=1S/C16H24N6S.HI/c1-5-17-16(21-11-14-19-9-12(2)23-14)20-10-13-7-6-8-18-15(13)22(3)4;/h6-9H,5,10-11H2,1-4H3,(H2,17,20,21);1H. The van der Waals surface area contributed by atoms with Crippen LogP contribution in [-0.4, -0.2) is 36.6 Å². The van der Waals surface area contributed by atoms with Gasteiger partial charge in [0.05, 0.1) is 13.1 Å². The molecule has 8 heteroatoms. The van der Waals surface area contributed by atoms with Gasteiger partial charge in [-0.1, -0.05) is 6.07 Å². The Labute approximate surface area is 164 Å². The van der Waals surface area contributed by atoms with Crippen LogP contribution >= 0.6 is 35.3 Å². The molecule has 0 spiro atoms. The molecule has 6 nitrogen and oxygen atoms in total. The monoisotopic (exact) mass is 460 g/mol. The molecule has 2 N–H and O–H groups in total. The van der Waals surface area contributed by atoms with Gasteiger partial charge < -0.3 is 15.5 Å². The molecule has 132 valence electrons. The second-order valence-electron chi connectivity index (χ2n) is 5.29. The number of thiazole rings is 1. The lowest BCUT2D eigenvalue weighted by molar-refractivity contribution is 0.810. The van der Waals surface area contributed by atoms with E-state index in [0.29, 0.717) is 13.1 Å². The van der Waals surface area contributed by atoms with E-state index in [1.807, 2.05) is 31.3 Å². The first kappa shape index (κ1) is 20.6. The zero-order chi connectivity index (χ0) is 16.7. The van der Waals surface area contributed by atoms with Crippen LogP contribution in [-0.2, 0) is 13.1 Å². The van der Waals surface area contributed by atoms with Crippen LogP contribution in [0.2, 0.25) is 0 Å². The SMILES string of the molecule is CCNC(=NCc1cccnc1N(C)C)NCc1ncc(C)s1.I. The zero-order valence-corrected chi connectivity index (χ0v) is 17.7. The fourth-order valence-electron chi connectivity index (χ4n) is 2.10. The fourth-order valence-corrected chi connectivity index (χ4v) is 2.83. The van der Waals surface area contributed by atoms with E-state index in [2.05, 4.69) is 45.5 Å². The summed E-state index contributed by atoms with van der Waals surface area (Å²) in [7, 11) is 3.98. The maximum absolute atomic E-state index is 4.65. The normalized spacial score (nSPS) is 10.9. The summed E-state index contributed by atoms with van der Waals surface area (Å²) in [6.45, 7) is 6.19. The number of guanidine groups is 1. The second-order valence-corrected chi connectivity index (χ2v) is 6.61. The van der Waals surface area contributed by atoms with E-state index in [1.54, 1.807) is 17.5 Å². The zero-order valence-electron chi connectivity index (χ0n) is 14.5. The molecule has 0 amide bonds. The first-order valence-corrected chi connectivity index (χ1v) is 8.46. The smallest absolute Gasteiger partial charge is 0.191 e. The van der Waals surface area contributed by atoms with Crippen LogP contribution in [0, 0.1) is 6.92 Å². The van der Waals surface area contributed by atoms with Gasteiger partial charge in [-0.15, -0.1) is 35.3 Å². The summed E-state index contributed by atoms with van der Waals surface area (Å²) in [5.74, 6) is 1.73. The number of hydrogen-bond donors (Lipinski definition) is 2. The van der Waals surface area contributed by atoms with Crippen molar-refractivity contribution in [3.8, 4) is 0 Å².